The van der Waals surface area contributed by atoms with Crippen molar-refractivity contribution in [3.8, 4) is 0 Å². The molecule has 1 aliphatic carbocycles. The number of halogens is 1. The van der Waals surface area contributed by atoms with Gasteiger partial charge in [0.25, 0.3) is 5.91 Å². The number of likely N-dealkylation sites (N-methyl/N-ethyl adjacent to an activating group) is 1. The molecule has 168 valence electrons. The second-order valence-corrected chi connectivity index (χ2v) is 9.24. The topological polar surface area (TPSA) is 78.7 Å². The van der Waals surface area contributed by atoms with Crippen LogP contribution in [-0.2, 0) is 0 Å². The molecule has 2 aliphatic heterocycles. The lowest BCUT2D eigenvalue weighted by Gasteiger charge is -2.41. The van der Waals surface area contributed by atoms with Gasteiger partial charge in [-0.1, -0.05) is 0 Å². The lowest BCUT2D eigenvalue weighted by atomic mass is 9.79. The largest absolute Gasteiger partial charge is 0.366 e. The van der Waals surface area contributed by atoms with Gasteiger partial charge in [0.2, 0.25) is 0 Å². The van der Waals surface area contributed by atoms with Crippen LogP contribution in [0.1, 0.15) is 22.5 Å². The summed E-state index contributed by atoms with van der Waals surface area (Å²) < 4.78 is 16.0. The number of benzene rings is 1. The zero-order valence-corrected chi connectivity index (χ0v) is 18.7. The Labute approximate surface area is 190 Å². The van der Waals surface area contributed by atoms with E-state index in [0.29, 0.717) is 40.5 Å². The van der Waals surface area contributed by atoms with Crippen LogP contribution < -0.4 is 10.2 Å². The zero-order chi connectivity index (χ0) is 22.9. The number of fused-ring (bicyclic) bond motifs is 3. The van der Waals surface area contributed by atoms with E-state index in [1.165, 1.54) is 12.5 Å². The number of hydrogen-bond donors (Lipinski definition) is 1. The van der Waals surface area contributed by atoms with Crippen molar-refractivity contribution < 1.29 is 9.18 Å². The molecule has 33 heavy (non-hydrogen) atoms. The maximum absolute atomic E-state index is 14.5. The molecule has 9 heteroatoms. The van der Waals surface area contributed by atoms with Gasteiger partial charge < -0.3 is 19.5 Å². The first-order chi connectivity index (χ1) is 15.9. The van der Waals surface area contributed by atoms with Gasteiger partial charge in [-0.25, -0.2) is 9.37 Å². The van der Waals surface area contributed by atoms with Crippen molar-refractivity contribution in [2.75, 3.05) is 30.9 Å². The van der Waals surface area contributed by atoms with Crippen molar-refractivity contribution in [2.45, 2.75) is 25.4 Å². The predicted octanol–water partition coefficient (Wildman–Crippen LogP) is 3.12. The van der Waals surface area contributed by atoms with Gasteiger partial charge in [-0.2, -0.15) is 5.10 Å². The van der Waals surface area contributed by atoms with Gasteiger partial charge in [-0.3, -0.25) is 4.79 Å². The Balaban J connectivity index is 1.35. The summed E-state index contributed by atoms with van der Waals surface area (Å²) in [5.74, 6) is -0.196. The van der Waals surface area contributed by atoms with Crippen LogP contribution in [0.2, 0.25) is 0 Å². The van der Waals surface area contributed by atoms with E-state index in [-0.39, 0.29) is 11.6 Å². The van der Waals surface area contributed by atoms with Gasteiger partial charge in [0, 0.05) is 48.2 Å². The van der Waals surface area contributed by atoms with Crippen molar-refractivity contribution in [2.24, 2.45) is 5.92 Å². The molecule has 0 radical (unpaired) electrons. The standard InChI is InChI=1S/C24H24FN7O/c1-13-10-31-12-15(9-18(25)23(31)27-13)28-24(33)17-4-5-19(16-6-7-26-29-21(16)17)32-11-14-8-20(32)22(14)30(2)3/h4-7,9-10,12,14,20,22H,8,11H2,1-3H3,(H,28,33)/t14-,20-,22?/m0/s1. The van der Waals surface area contributed by atoms with Crippen LogP contribution in [0.15, 0.2) is 42.9 Å². The number of aromatic nitrogens is 4. The van der Waals surface area contributed by atoms with Crippen molar-refractivity contribution in [3.05, 3.63) is 59.9 Å². The highest BCUT2D eigenvalue weighted by Crippen LogP contribution is 2.47. The molecule has 3 aromatic heterocycles. The van der Waals surface area contributed by atoms with Gasteiger partial charge in [-0.15, -0.1) is 5.10 Å². The number of pyridine rings is 1. The van der Waals surface area contributed by atoms with E-state index in [2.05, 4.69) is 44.4 Å². The molecule has 2 saturated heterocycles. The number of carbonyl (C=O) groups is 1. The third-order valence-corrected chi connectivity index (χ3v) is 6.95. The van der Waals surface area contributed by atoms with Gasteiger partial charge in [0.15, 0.2) is 11.5 Å². The summed E-state index contributed by atoms with van der Waals surface area (Å²) in [6.45, 7) is 2.79. The molecule has 1 N–H and O–H groups in total. The SMILES string of the molecule is Cc1cn2cc(NC(=O)c3ccc(N4C[C@@H]5C[C@H]4C5N(C)C)c4ccnnc34)cc(F)c2n1. The van der Waals surface area contributed by atoms with Crippen LogP contribution in [0.4, 0.5) is 15.8 Å². The molecular weight excluding hydrogens is 421 g/mol. The Morgan fingerprint density at radius 1 is 1.24 bits per heavy atom. The van der Waals surface area contributed by atoms with Crippen LogP contribution in [0.5, 0.6) is 0 Å². The van der Waals surface area contributed by atoms with Crippen molar-refractivity contribution in [1.82, 2.24) is 24.5 Å². The minimum Gasteiger partial charge on any atom is -0.366 e. The summed E-state index contributed by atoms with van der Waals surface area (Å²) in [6, 6.07) is 7.99. The summed E-state index contributed by atoms with van der Waals surface area (Å²) >= 11 is 0. The highest BCUT2D eigenvalue weighted by molar-refractivity contribution is 6.13. The summed E-state index contributed by atoms with van der Waals surface area (Å²) in [6.07, 6.45) is 6.21. The van der Waals surface area contributed by atoms with Gasteiger partial charge in [0.1, 0.15) is 5.52 Å². The van der Waals surface area contributed by atoms with Crippen molar-refractivity contribution in [1.29, 1.82) is 0 Å². The highest BCUT2D eigenvalue weighted by Gasteiger charge is 2.53. The van der Waals surface area contributed by atoms with E-state index >= 15 is 0 Å². The maximum Gasteiger partial charge on any atom is 0.257 e. The molecule has 3 atom stereocenters. The molecule has 1 unspecified atom stereocenters. The number of amides is 1. The van der Waals surface area contributed by atoms with E-state index < -0.39 is 5.82 Å². The van der Waals surface area contributed by atoms with Gasteiger partial charge in [0.05, 0.1) is 23.1 Å². The first-order valence-corrected chi connectivity index (χ1v) is 11.0. The lowest BCUT2D eigenvalue weighted by molar-refractivity contribution is 0.102. The molecular formula is C24H24FN7O. The molecule has 4 aromatic rings. The van der Waals surface area contributed by atoms with E-state index in [0.717, 1.165) is 17.6 Å². The predicted molar refractivity (Wildman–Crippen MR) is 124 cm³/mol. The molecule has 1 saturated carbocycles. The molecule has 3 fully saturated rings. The highest BCUT2D eigenvalue weighted by atomic mass is 19.1. The minimum atomic E-state index is -0.496. The summed E-state index contributed by atoms with van der Waals surface area (Å²) in [4.78, 5) is 22.1. The van der Waals surface area contributed by atoms with Gasteiger partial charge >= 0.3 is 0 Å². The summed E-state index contributed by atoms with van der Waals surface area (Å²) in [7, 11) is 4.27. The maximum atomic E-state index is 14.5. The van der Waals surface area contributed by atoms with Crippen LogP contribution in [0.25, 0.3) is 16.6 Å². The fourth-order valence-corrected chi connectivity index (χ4v) is 5.58. The second kappa shape index (κ2) is 7.21. The molecule has 0 spiro atoms. The van der Waals surface area contributed by atoms with Crippen LogP contribution in [0.3, 0.4) is 0 Å². The average molecular weight is 446 g/mol. The Hall–Kier alpha value is -3.59. The molecule has 1 aromatic carbocycles. The Bertz CT molecular complexity index is 1410. The molecule has 5 heterocycles. The Morgan fingerprint density at radius 2 is 2.09 bits per heavy atom. The summed E-state index contributed by atoms with van der Waals surface area (Å²) in [5.41, 5.74) is 3.29. The number of aryl methyl sites for hydroxylation is 1. The number of nitrogens with one attached hydrogen (secondary N) is 1. The average Bonchev–Trinajstić information content (AvgIpc) is 3.45. The number of nitrogens with zero attached hydrogens (tertiary/aromatic N) is 6. The van der Waals surface area contributed by atoms with E-state index in [9.17, 15) is 9.18 Å². The zero-order valence-electron chi connectivity index (χ0n) is 18.7. The molecule has 1 amide bonds. The normalized spacial score (nSPS) is 21.7. The third-order valence-electron chi connectivity index (χ3n) is 6.95. The Kier molecular flexibility index (Phi) is 4.38. The lowest BCUT2D eigenvalue weighted by Crippen LogP contribution is -2.52. The first-order valence-electron chi connectivity index (χ1n) is 11.0. The smallest absolute Gasteiger partial charge is 0.257 e. The van der Waals surface area contributed by atoms with E-state index in [1.54, 1.807) is 36.0 Å². The third kappa shape index (κ3) is 3.06. The number of anilines is 2. The first kappa shape index (κ1) is 20.0. The van der Waals surface area contributed by atoms with Crippen LogP contribution in [-0.4, -0.2) is 63.1 Å². The fourth-order valence-electron chi connectivity index (χ4n) is 5.58. The van der Waals surface area contributed by atoms with Crippen LogP contribution >= 0.6 is 0 Å². The van der Waals surface area contributed by atoms with Crippen LogP contribution in [0, 0.1) is 18.7 Å². The minimum absolute atomic E-state index is 0.228. The van der Waals surface area contributed by atoms with E-state index in [4.69, 9.17) is 0 Å². The van der Waals surface area contributed by atoms with Crippen molar-refractivity contribution in [3.63, 3.8) is 0 Å². The van der Waals surface area contributed by atoms with E-state index in [1.807, 2.05) is 12.1 Å². The molecule has 3 aliphatic rings. The monoisotopic (exact) mass is 445 g/mol. The number of carbonyl (C=O) groups excluding carboxylic acids is 1. The van der Waals surface area contributed by atoms with Crippen molar-refractivity contribution >= 4 is 33.8 Å². The summed E-state index contributed by atoms with van der Waals surface area (Å²) in [5, 5.41) is 12.0. The Morgan fingerprint density at radius 3 is 2.88 bits per heavy atom. The van der Waals surface area contributed by atoms with Gasteiger partial charge in [-0.05, 0) is 51.6 Å². The molecule has 7 rings (SSSR count). The number of imidazole rings is 1. The quantitative estimate of drug-likeness (QED) is 0.520. The number of rotatable bonds is 4. The molecule has 8 nitrogen and oxygen atoms in total. The fraction of sp³-hybridized carbons (Fsp3) is 0.333. The second-order valence-electron chi connectivity index (χ2n) is 9.24. The molecule has 2 bridgehead atoms. The number of hydrogen-bond acceptors (Lipinski definition) is 6.